The quantitative estimate of drug-likeness (QED) is 0.525. The first kappa shape index (κ1) is 17.9. The van der Waals surface area contributed by atoms with Gasteiger partial charge in [0.1, 0.15) is 5.15 Å². The van der Waals surface area contributed by atoms with E-state index in [1.54, 1.807) is 7.11 Å². The summed E-state index contributed by atoms with van der Waals surface area (Å²) < 4.78 is 11.4. The van der Waals surface area contributed by atoms with Crippen molar-refractivity contribution in [3.8, 4) is 0 Å². The standard InChI is InChI=1S/C14H23ClN2O4/c1-3-6-11-12(15)16-14(19)17(13(11)18)7-4-5-8-21-10-9-20-2/h3-10H2,1-2H3,(H,16,19). The molecule has 0 radical (unpaired) electrons. The van der Waals surface area contributed by atoms with E-state index in [0.29, 0.717) is 44.8 Å². The maximum Gasteiger partial charge on any atom is 0.329 e. The molecule has 0 spiro atoms. The Kier molecular flexibility index (Phi) is 8.34. The molecule has 1 N–H and O–H groups in total. The van der Waals surface area contributed by atoms with Gasteiger partial charge in [-0.3, -0.25) is 14.3 Å². The second-order valence-electron chi connectivity index (χ2n) is 4.74. The Morgan fingerprint density at radius 2 is 1.95 bits per heavy atom. The Balaban J connectivity index is 2.57. The van der Waals surface area contributed by atoms with Crippen LogP contribution in [0.4, 0.5) is 0 Å². The summed E-state index contributed by atoms with van der Waals surface area (Å²) in [6.45, 7) is 4.04. The van der Waals surface area contributed by atoms with E-state index in [1.807, 2.05) is 6.92 Å². The van der Waals surface area contributed by atoms with Crippen LogP contribution >= 0.6 is 11.6 Å². The van der Waals surface area contributed by atoms with E-state index in [4.69, 9.17) is 21.1 Å². The molecule has 1 rings (SSSR count). The monoisotopic (exact) mass is 318 g/mol. The molecule has 0 amide bonds. The molecule has 0 aliphatic heterocycles. The van der Waals surface area contributed by atoms with E-state index in [-0.39, 0.29) is 10.7 Å². The smallest absolute Gasteiger partial charge is 0.329 e. The van der Waals surface area contributed by atoms with Crippen LogP contribution in [0, 0.1) is 0 Å². The lowest BCUT2D eigenvalue weighted by Crippen LogP contribution is -2.37. The van der Waals surface area contributed by atoms with E-state index in [0.717, 1.165) is 12.8 Å². The number of unbranched alkanes of at least 4 members (excludes halogenated alkanes) is 1. The van der Waals surface area contributed by atoms with Crippen molar-refractivity contribution in [1.29, 1.82) is 0 Å². The summed E-state index contributed by atoms with van der Waals surface area (Å²) in [6.07, 6.45) is 2.84. The fraction of sp³-hybridized carbons (Fsp3) is 0.714. The summed E-state index contributed by atoms with van der Waals surface area (Å²) in [5, 5.41) is 0.158. The largest absolute Gasteiger partial charge is 0.382 e. The average Bonchev–Trinajstić information content (AvgIpc) is 2.45. The van der Waals surface area contributed by atoms with E-state index in [2.05, 4.69) is 4.98 Å². The molecule has 0 aliphatic rings. The summed E-state index contributed by atoms with van der Waals surface area (Å²) >= 11 is 5.92. The van der Waals surface area contributed by atoms with Crippen LogP contribution in [0.2, 0.25) is 5.15 Å². The summed E-state index contributed by atoms with van der Waals surface area (Å²) in [5.74, 6) is 0. The molecule has 0 saturated carbocycles. The van der Waals surface area contributed by atoms with Crippen LogP contribution in [0.3, 0.4) is 0 Å². The fourth-order valence-corrected chi connectivity index (χ4v) is 2.23. The number of aromatic nitrogens is 2. The van der Waals surface area contributed by atoms with Crippen molar-refractivity contribution >= 4 is 11.6 Å². The highest BCUT2D eigenvalue weighted by Gasteiger charge is 2.11. The van der Waals surface area contributed by atoms with Gasteiger partial charge in [0.05, 0.1) is 18.8 Å². The Morgan fingerprint density at radius 3 is 2.62 bits per heavy atom. The summed E-state index contributed by atoms with van der Waals surface area (Å²) in [4.78, 5) is 26.5. The fourth-order valence-electron chi connectivity index (χ4n) is 1.97. The van der Waals surface area contributed by atoms with Gasteiger partial charge in [-0.25, -0.2) is 4.79 Å². The zero-order valence-corrected chi connectivity index (χ0v) is 13.4. The van der Waals surface area contributed by atoms with Gasteiger partial charge in [0.25, 0.3) is 5.56 Å². The second-order valence-corrected chi connectivity index (χ2v) is 5.12. The molecule has 7 heteroatoms. The lowest BCUT2D eigenvalue weighted by Gasteiger charge is -2.08. The molecule has 21 heavy (non-hydrogen) atoms. The van der Waals surface area contributed by atoms with Crippen LogP contribution < -0.4 is 11.2 Å². The van der Waals surface area contributed by atoms with Crippen molar-refractivity contribution in [2.45, 2.75) is 39.2 Å². The van der Waals surface area contributed by atoms with Crippen LogP contribution in [-0.4, -0.2) is 36.5 Å². The minimum Gasteiger partial charge on any atom is -0.382 e. The van der Waals surface area contributed by atoms with Crippen molar-refractivity contribution < 1.29 is 9.47 Å². The van der Waals surface area contributed by atoms with Gasteiger partial charge in [0, 0.05) is 20.3 Å². The van der Waals surface area contributed by atoms with Gasteiger partial charge >= 0.3 is 5.69 Å². The van der Waals surface area contributed by atoms with Gasteiger partial charge in [-0.1, -0.05) is 24.9 Å². The topological polar surface area (TPSA) is 73.3 Å². The van der Waals surface area contributed by atoms with Gasteiger partial charge in [-0.2, -0.15) is 0 Å². The van der Waals surface area contributed by atoms with Gasteiger partial charge in [-0.15, -0.1) is 0 Å². The lowest BCUT2D eigenvalue weighted by atomic mass is 10.2. The number of nitrogens with zero attached hydrogens (tertiary/aromatic N) is 1. The van der Waals surface area contributed by atoms with Crippen LogP contribution in [0.1, 0.15) is 31.7 Å². The molecule has 1 aromatic rings. The second kappa shape index (κ2) is 9.76. The van der Waals surface area contributed by atoms with Crippen molar-refractivity contribution in [2.75, 3.05) is 26.9 Å². The summed E-state index contributed by atoms with van der Waals surface area (Å²) in [7, 11) is 1.62. The molecule has 0 aromatic carbocycles. The Morgan fingerprint density at radius 1 is 1.19 bits per heavy atom. The van der Waals surface area contributed by atoms with Crippen LogP contribution in [-0.2, 0) is 22.4 Å². The Hall–Kier alpha value is -1.11. The number of rotatable bonds is 10. The highest BCUT2D eigenvalue weighted by molar-refractivity contribution is 6.30. The zero-order chi connectivity index (χ0) is 15.7. The van der Waals surface area contributed by atoms with Gasteiger partial charge < -0.3 is 9.47 Å². The molecular weight excluding hydrogens is 296 g/mol. The number of nitrogens with one attached hydrogen (secondary N) is 1. The third kappa shape index (κ3) is 5.65. The maximum absolute atomic E-state index is 12.2. The lowest BCUT2D eigenvalue weighted by molar-refractivity contribution is 0.0683. The number of methoxy groups -OCH3 is 1. The van der Waals surface area contributed by atoms with Crippen LogP contribution in [0.15, 0.2) is 9.59 Å². The van der Waals surface area contributed by atoms with Crippen molar-refractivity contribution in [3.63, 3.8) is 0 Å². The first-order valence-electron chi connectivity index (χ1n) is 7.20. The van der Waals surface area contributed by atoms with E-state index in [9.17, 15) is 9.59 Å². The number of H-pyrrole nitrogens is 1. The van der Waals surface area contributed by atoms with E-state index >= 15 is 0 Å². The van der Waals surface area contributed by atoms with Crippen molar-refractivity contribution in [3.05, 3.63) is 31.6 Å². The highest BCUT2D eigenvalue weighted by atomic mass is 35.5. The van der Waals surface area contributed by atoms with Crippen LogP contribution in [0.25, 0.3) is 0 Å². The molecule has 0 fully saturated rings. The molecular formula is C14H23ClN2O4. The molecule has 6 nitrogen and oxygen atoms in total. The predicted molar refractivity (Wildman–Crippen MR) is 82.3 cm³/mol. The molecule has 120 valence electrons. The number of ether oxygens (including phenoxy) is 2. The SMILES string of the molecule is CCCc1c(Cl)[nH]c(=O)n(CCCCOCCOC)c1=O. The minimum atomic E-state index is -0.454. The number of hydrogen-bond donors (Lipinski definition) is 1. The van der Waals surface area contributed by atoms with Gasteiger partial charge in [0.15, 0.2) is 0 Å². The van der Waals surface area contributed by atoms with Crippen molar-refractivity contribution in [1.82, 2.24) is 9.55 Å². The van der Waals surface area contributed by atoms with E-state index in [1.165, 1.54) is 4.57 Å². The molecule has 1 aromatic heterocycles. The van der Waals surface area contributed by atoms with Crippen LogP contribution in [0.5, 0.6) is 0 Å². The minimum absolute atomic E-state index is 0.158. The van der Waals surface area contributed by atoms with Crippen molar-refractivity contribution in [2.24, 2.45) is 0 Å². The predicted octanol–water partition coefficient (Wildman–Crippen LogP) is 1.59. The molecule has 1 heterocycles. The number of halogens is 1. The number of hydrogen-bond acceptors (Lipinski definition) is 4. The highest BCUT2D eigenvalue weighted by Crippen LogP contribution is 2.08. The van der Waals surface area contributed by atoms with Gasteiger partial charge in [-0.05, 0) is 19.3 Å². The maximum atomic E-state index is 12.2. The number of aromatic amines is 1. The molecule has 0 atom stereocenters. The Bertz CT molecular complexity index is 539. The molecule has 0 saturated heterocycles. The molecule has 0 bridgehead atoms. The van der Waals surface area contributed by atoms with Gasteiger partial charge in [0.2, 0.25) is 0 Å². The summed E-state index contributed by atoms with van der Waals surface area (Å²) in [5.41, 5.74) is -0.258. The summed E-state index contributed by atoms with van der Waals surface area (Å²) in [6, 6.07) is 0. The normalized spacial score (nSPS) is 11.0. The van der Waals surface area contributed by atoms with E-state index < -0.39 is 5.69 Å². The third-order valence-corrected chi connectivity index (χ3v) is 3.40. The first-order valence-corrected chi connectivity index (χ1v) is 7.57. The average molecular weight is 319 g/mol. The third-order valence-electron chi connectivity index (χ3n) is 3.08. The Labute approximate surface area is 129 Å². The zero-order valence-electron chi connectivity index (χ0n) is 12.6. The molecule has 0 aliphatic carbocycles. The molecule has 0 unspecified atom stereocenters. The first-order chi connectivity index (χ1) is 10.1.